The van der Waals surface area contributed by atoms with E-state index in [1.165, 1.54) is 18.4 Å². The number of guanidine groups is 1. The smallest absolute Gasteiger partial charge is 0.191 e. The number of anilines is 1. The molecule has 31 heavy (non-hydrogen) atoms. The number of benzene rings is 1. The van der Waals surface area contributed by atoms with Gasteiger partial charge in [0.15, 0.2) is 11.1 Å². The standard InChI is InChI=1S/C23H35N5O2S/c1-4-29-13-14-30-21-15-18(2)7-8-19(21)16-26-22(24-3)25-10-9-20-17-31-23(27-20)28-11-5-6-12-28/h7-8,15,17H,4-6,9-14,16H2,1-3H3,(H2,24,25,26). The first-order valence-electron chi connectivity index (χ1n) is 11.1. The molecular weight excluding hydrogens is 410 g/mol. The molecule has 1 saturated heterocycles. The quantitative estimate of drug-likeness (QED) is 0.314. The number of hydrogen-bond donors (Lipinski definition) is 2. The number of nitrogens with zero attached hydrogens (tertiary/aromatic N) is 3. The summed E-state index contributed by atoms with van der Waals surface area (Å²) >= 11 is 1.75. The first kappa shape index (κ1) is 23.3. The number of thiazole rings is 1. The molecule has 0 radical (unpaired) electrons. The zero-order valence-corrected chi connectivity index (χ0v) is 19.8. The fraction of sp³-hybridized carbons (Fsp3) is 0.565. The molecule has 0 unspecified atom stereocenters. The summed E-state index contributed by atoms with van der Waals surface area (Å²) in [5.74, 6) is 1.66. The van der Waals surface area contributed by atoms with Gasteiger partial charge in [-0.25, -0.2) is 4.98 Å². The second-order valence-electron chi connectivity index (χ2n) is 7.57. The van der Waals surface area contributed by atoms with Crippen LogP contribution in [0.3, 0.4) is 0 Å². The van der Waals surface area contributed by atoms with Crippen molar-refractivity contribution >= 4 is 22.4 Å². The number of aliphatic imine (C=N–C) groups is 1. The highest BCUT2D eigenvalue weighted by molar-refractivity contribution is 7.13. The maximum absolute atomic E-state index is 5.93. The van der Waals surface area contributed by atoms with Gasteiger partial charge in [-0.3, -0.25) is 4.99 Å². The number of aryl methyl sites for hydroxylation is 1. The van der Waals surface area contributed by atoms with Gasteiger partial charge in [0.25, 0.3) is 0 Å². The zero-order chi connectivity index (χ0) is 21.9. The fourth-order valence-corrected chi connectivity index (χ4v) is 4.38. The highest BCUT2D eigenvalue weighted by atomic mass is 32.1. The Labute approximate surface area is 189 Å². The lowest BCUT2D eigenvalue weighted by Gasteiger charge is -2.15. The van der Waals surface area contributed by atoms with Crippen LogP contribution in [0.2, 0.25) is 0 Å². The highest BCUT2D eigenvalue weighted by Gasteiger charge is 2.15. The Kier molecular flexibility index (Phi) is 9.42. The van der Waals surface area contributed by atoms with E-state index in [2.05, 4.69) is 51.0 Å². The lowest BCUT2D eigenvalue weighted by Crippen LogP contribution is -2.38. The van der Waals surface area contributed by atoms with E-state index >= 15 is 0 Å². The van der Waals surface area contributed by atoms with Crippen LogP contribution in [0.25, 0.3) is 0 Å². The third kappa shape index (κ3) is 7.40. The van der Waals surface area contributed by atoms with Gasteiger partial charge in [0.05, 0.1) is 12.3 Å². The summed E-state index contributed by atoms with van der Waals surface area (Å²) < 4.78 is 11.3. The topological polar surface area (TPSA) is 71.0 Å². The summed E-state index contributed by atoms with van der Waals surface area (Å²) in [5, 5.41) is 10.1. The zero-order valence-electron chi connectivity index (χ0n) is 18.9. The Morgan fingerprint density at radius 1 is 1.23 bits per heavy atom. The molecule has 0 spiro atoms. The number of aromatic nitrogens is 1. The van der Waals surface area contributed by atoms with Gasteiger partial charge in [-0.15, -0.1) is 11.3 Å². The maximum atomic E-state index is 5.93. The number of nitrogens with one attached hydrogen (secondary N) is 2. The Balaban J connectivity index is 1.45. The van der Waals surface area contributed by atoms with Crippen molar-refractivity contribution in [2.75, 3.05) is 51.4 Å². The summed E-state index contributed by atoms with van der Waals surface area (Å²) in [6.07, 6.45) is 3.43. The van der Waals surface area contributed by atoms with Crippen molar-refractivity contribution in [3.8, 4) is 5.75 Å². The molecule has 2 N–H and O–H groups in total. The van der Waals surface area contributed by atoms with Crippen LogP contribution in [0.1, 0.15) is 36.6 Å². The molecule has 1 aromatic heterocycles. The minimum absolute atomic E-state index is 0.546. The van der Waals surface area contributed by atoms with Crippen LogP contribution in [0.5, 0.6) is 5.75 Å². The average Bonchev–Trinajstić information content (AvgIpc) is 3.46. The predicted octanol–water partition coefficient (Wildman–Crippen LogP) is 3.37. The van der Waals surface area contributed by atoms with Gasteiger partial charge in [-0.05, 0) is 38.3 Å². The fourth-order valence-electron chi connectivity index (χ4n) is 3.47. The molecule has 2 aromatic rings. The second kappa shape index (κ2) is 12.5. The van der Waals surface area contributed by atoms with Crippen molar-refractivity contribution in [3.05, 3.63) is 40.4 Å². The van der Waals surface area contributed by atoms with E-state index in [1.807, 2.05) is 6.92 Å². The van der Waals surface area contributed by atoms with Gasteiger partial charge in [-0.1, -0.05) is 12.1 Å². The molecule has 0 aliphatic carbocycles. The van der Waals surface area contributed by atoms with Crippen LogP contribution in [0.4, 0.5) is 5.13 Å². The molecule has 1 aliphatic rings. The van der Waals surface area contributed by atoms with E-state index < -0.39 is 0 Å². The van der Waals surface area contributed by atoms with E-state index in [0.29, 0.717) is 26.4 Å². The lowest BCUT2D eigenvalue weighted by molar-refractivity contribution is 0.110. The van der Waals surface area contributed by atoms with Crippen LogP contribution in [-0.2, 0) is 17.7 Å². The maximum Gasteiger partial charge on any atom is 0.191 e. The minimum Gasteiger partial charge on any atom is -0.491 e. The minimum atomic E-state index is 0.546. The normalized spacial score (nSPS) is 14.2. The molecule has 0 atom stereocenters. The van der Waals surface area contributed by atoms with Gasteiger partial charge in [0, 0.05) is 57.2 Å². The average molecular weight is 446 g/mol. The molecule has 1 aromatic carbocycles. The molecule has 3 rings (SSSR count). The van der Waals surface area contributed by atoms with Crippen LogP contribution in [0, 0.1) is 6.92 Å². The Morgan fingerprint density at radius 2 is 2.06 bits per heavy atom. The SMILES string of the molecule is CCOCCOc1cc(C)ccc1CNC(=NC)NCCc1csc(N2CCCC2)n1. The molecule has 0 saturated carbocycles. The van der Waals surface area contributed by atoms with Crippen molar-refractivity contribution in [2.45, 2.75) is 39.7 Å². The van der Waals surface area contributed by atoms with Gasteiger partial charge >= 0.3 is 0 Å². The number of ether oxygens (including phenoxy) is 2. The van der Waals surface area contributed by atoms with Gasteiger partial charge < -0.3 is 25.0 Å². The summed E-state index contributed by atoms with van der Waals surface area (Å²) in [5.41, 5.74) is 3.41. The summed E-state index contributed by atoms with van der Waals surface area (Å²) in [7, 11) is 1.79. The Morgan fingerprint density at radius 3 is 2.84 bits per heavy atom. The van der Waals surface area contributed by atoms with Crippen LogP contribution in [0.15, 0.2) is 28.6 Å². The molecule has 2 heterocycles. The van der Waals surface area contributed by atoms with Crippen molar-refractivity contribution < 1.29 is 9.47 Å². The van der Waals surface area contributed by atoms with E-state index in [-0.39, 0.29) is 0 Å². The lowest BCUT2D eigenvalue weighted by atomic mass is 10.1. The third-order valence-electron chi connectivity index (χ3n) is 5.17. The monoisotopic (exact) mass is 445 g/mol. The van der Waals surface area contributed by atoms with Crippen molar-refractivity contribution in [1.29, 1.82) is 0 Å². The Hall–Kier alpha value is -2.32. The molecule has 1 fully saturated rings. The van der Waals surface area contributed by atoms with E-state index in [0.717, 1.165) is 54.2 Å². The first-order chi connectivity index (χ1) is 15.2. The van der Waals surface area contributed by atoms with Crippen LogP contribution in [-0.4, -0.2) is 57.4 Å². The van der Waals surface area contributed by atoms with Gasteiger partial charge in [0.1, 0.15) is 12.4 Å². The molecule has 7 nitrogen and oxygen atoms in total. The van der Waals surface area contributed by atoms with Crippen molar-refractivity contribution in [2.24, 2.45) is 4.99 Å². The van der Waals surface area contributed by atoms with Crippen molar-refractivity contribution in [1.82, 2.24) is 15.6 Å². The largest absolute Gasteiger partial charge is 0.491 e. The predicted molar refractivity (Wildman–Crippen MR) is 129 cm³/mol. The molecule has 0 amide bonds. The Bertz CT molecular complexity index is 833. The second-order valence-corrected chi connectivity index (χ2v) is 8.41. The molecule has 1 aliphatic heterocycles. The van der Waals surface area contributed by atoms with Crippen LogP contribution >= 0.6 is 11.3 Å². The van der Waals surface area contributed by atoms with Gasteiger partial charge in [0.2, 0.25) is 0 Å². The first-order valence-corrected chi connectivity index (χ1v) is 12.0. The summed E-state index contributed by atoms with van der Waals surface area (Å²) in [4.78, 5) is 11.5. The van der Waals surface area contributed by atoms with E-state index in [4.69, 9.17) is 14.5 Å². The number of rotatable bonds is 11. The molecule has 170 valence electrons. The molecule has 0 bridgehead atoms. The number of hydrogen-bond acceptors (Lipinski definition) is 6. The summed E-state index contributed by atoms with van der Waals surface area (Å²) in [6, 6.07) is 6.27. The third-order valence-corrected chi connectivity index (χ3v) is 6.12. The van der Waals surface area contributed by atoms with Gasteiger partial charge in [-0.2, -0.15) is 0 Å². The highest BCUT2D eigenvalue weighted by Crippen LogP contribution is 2.24. The van der Waals surface area contributed by atoms with E-state index in [1.54, 1.807) is 18.4 Å². The van der Waals surface area contributed by atoms with E-state index in [9.17, 15) is 0 Å². The molecule has 8 heteroatoms. The molecular formula is C23H35N5O2S. The summed E-state index contributed by atoms with van der Waals surface area (Å²) in [6.45, 7) is 9.60. The van der Waals surface area contributed by atoms with Crippen LogP contribution < -0.4 is 20.3 Å². The van der Waals surface area contributed by atoms with Crippen molar-refractivity contribution in [3.63, 3.8) is 0 Å².